The summed E-state index contributed by atoms with van der Waals surface area (Å²) in [5.74, 6) is 0. The Balaban J connectivity index is 2.00. The Kier molecular flexibility index (Phi) is 5.98. The number of nitrogens with one attached hydrogen (secondary N) is 2. The number of rotatable bonds is 4. The molecule has 0 spiro atoms. The summed E-state index contributed by atoms with van der Waals surface area (Å²) in [6.07, 6.45) is 1.71. The molecule has 2 rings (SSSR count). The lowest BCUT2D eigenvalue weighted by Crippen LogP contribution is -2.24. The average molecular weight is 370 g/mol. The van der Waals surface area contributed by atoms with Gasteiger partial charge in [-0.05, 0) is 51.2 Å². The number of hydrazone groups is 1. The van der Waals surface area contributed by atoms with Crippen LogP contribution in [0.25, 0.3) is 0 Å². The molecule has 23 heavy (non-hydrogen) atoms. The van der Waals surface area contributed by atoms with Crippen LogP contribution in [0.4, 0.5) is 5.69 Å². The molecule has 2 aromatic rings. The van der Waals surface area contributed by atoms with Crippen LogP contribution in [0, 0.1) is 13.8 Å². The fourth-order valence-electron chi connectivity index (χ4n) is 2.10. The molecule has 1 heterocycles. The molecule has 0 unspecified atom stereocenters. The zero-order valence-corrected chi connectivity index (χ0v) is 15.4. The third-order valence-corrected chi connectivity index (χ3v) is 4.02. The summed E-state index contributed by atoms with van der Waals surface area (Å²) >= 11 is 17.1. The highest BCUT2D eigenvalue weighted by Gasteiger charge is 2.08. The first-order chi connectivity index (χ1) is 10.9. The van der Waals surface area contributed by atoms with Crippen LogP contribution in [0.5, 0.6) is 0 Å². The van der Waals surface area contributed by atoms with E-state index in [9.17, 15) is 0 Å². The second kappa shape index (κ2) is 7.77. The van der Waals surface area contributed by atoms with Crippen molar-refractivity contribution < 1.29 is 0 Å². The Labute approximate surface area is 150 Å². The van der Waals surface area contributed by atoms with Crippen LogP contribution in [-0.2, 0) is 6.54 Å². The van der Waals surface area contributed by atoms with Crippen LogP contribution < -0.4 is 10.7 Å². The second-order valence-electron chi connectivity index (χ2n) is 4.85. The Hall–Kier alpha value is -1.63. The van der Waals surface area contributed by atoms with E-state index in [4.69, 9.17) is 35.4 Å². The van der Waals surface area contributed by atoms with E-state index < -0.39 is 0 Å². The van der Waals surface area contributed by atoms with Gasteiger partial charge in [-0.1, -0.05) is 23.2 Å². The summed E-state index contributed by atoms with van der Waals surface area (Å²) in [4.78, 5) is 0. The molecule has 122 valence electrons. The minimum absolute atomic E-state index is 0.337. The van der Waals surface area contributed by atoms with Gasteiger partial charge in [0.1, 0.15) is 0 Å². The molecule has 0 saturated carbocycles. The summed E-state index contributed by atoms with van der Waals surface area (Å²) in [7, 11) is 0. The first-order valence-corrected chi connectivity index (χ1v) is 8.18. The molecule has 0 radical (unpaired) electrons. The number of halogens is 2. The third kappa shape index (κ3) is 4.43. The number of nitrogens with zero attached hydrogens (tertiary/aromatic N) is 3. The van der Waals surface area contributed by atoms with Crippen molar-refractivity contribution in [2.75, 3.05) is 5.32 Å². The molecule has 0 aliphatic carbocycles. The van der Waals surface area contributed by atoms with Gasteiger partial charge in [-0.15, -0.1) is 0 Å². The average Bonchev–Trinajstić information content (AvgIpc) is 2.77. The zero-order chi connectivity index (χ0) is 17.0. The van der Waals surface area contributed by atoms with Crippen molar-refractivity contribution in [2.45, 2.75) is 27.3 Å². The fraction of sp³-hybridized carbons (Fsp3) is 0.267. The second-order valence-corrected chi connectivity index (χ2v) is 6.10. The number of aromatic nitrogens is 2. The molecule has 1 aromatic heterocycles. The van der Waals surface area contributed by atoms with Gasteiger partial charge in [0.15, 0.2) is 5.11 Å². The monoisotopic (exact) mass is 369 g/mol. The maximum Gasteiger partial charge on any atom is 0.191 e. The number of hydrogen-bond donors (Lipinski definition) is 2. The van der Waals surface area contributed by atoms with Crippen molar-refractivity contribution in [3.8, 4) is 0 Å². The van der Waals surface area contributed by atoms with Gasteiger partial charge >= 0.3 is 0 Å². The van der Waals surface area contributed by atoms with E-state index in [1.807, 2.05) is 25.5 Å². The predicted molar refractivity (Wildman–Crippen MR) is 101 cm³/mol. The van der Waals surface area contributed by atoms with Crippen LogP contribution in [0.1, 0.15) is 23.9 Å². The first kappa shape index (κ1) is 17.7. The van der Waals surface area contributed by atoms with Crippen molar-refractivity contribution >= 4 is 52.4 Å². The molecule has 8 heteroatoms. The van der Waals surface area contributed by atoms with E-state index in [0.29, 0.717) is 20.8 Å². The van der Waals surface area contributed by atoms with Crippen LogP contribution in [0.3, 0.4) is 0 Å². The van der Waals surface area contributed by atoms with E-state index >= 15 is 0 Å². The topological polar surface area (TPSA) is 54.2 Å². The van der Waals surface area contributed by atoms with Gasteiger partial charge in [0.25, 0.3) is 0 Å². The predicted octanol–water partition coefficient (Wildman–Crippen LogP) is 4.15. The normalized spacial score (nSPS) is 11.0. The smallest absolute Gasteiger partial charge is 0.191 e. The Morgan fingerprint density at radius 3 is 2.74 bits per heavy atom. The number of anilines is 1. The summed E-state index contributed by atoms with van der Waals surface area (Å²) in [6, 6.07) is 5.12. The summed E-state index contributed by atoms with van der Waals surface area (Å²) in [5, 5.41) is 12.9. The molecular weight excluding hydrogens is 353 g/mol. The van der Waals surface area contributed by atoms with E-state index in [1.54, 1.807) is 24.4 Å². The highest BCUT2D eigenvalue weighted by Crippen LogP contribution is 2.25. The lowest BCUT2D eigenvalue weighted by atomic mass is 10.2. The largest absolute Gasteiger partial charge is 0.330 e. The molecular formula is C15H17Cl2N5S. The number of hydrogen-bond acceptors (Lipinski definition) is 3. The van der Waals surface area contributed by atoms with Crippen molar-refractivity contribution in [3.05, 3.63) is 45.2 Å². The molecule has 5 nitrogen and oxygen atoms in total. The molecule has 0 atom stereocenters. The van der Waals surface area contributed by atoms with Gasteiger partial charge in [0.05, 0.1) is 22.6 Å². The van der Waals surface area contributed by atoms with E-state index in [2.05, 4.69) is 20.9 Å². The number of aryl methyl sites for hydroxylation is 2. The highest BCUT2D eigenvalue weighted by molar-refractivity contribution is 7.80. The maximum absolute atomic E-state index is 6.08. The number of benzene rings is 1. The molecule has 1 aromatic carbocycles. The van der Waals surface area contributed by atoms with E-state index in [1.165, 1.54) is 0 Å². The van der Waals surface area contributed by atoms with Gasteiger partial charge in [-0.3, -0.25) is 10.1 Å². The standard InChI is InChI=1S/C15H17Cl2N5S/c1-4-22-10(3)12(9(2)21-22)8-18-20-15(23)19-14-6-5-11(16)7-13(14)17/h5-8H,4H2,1-3H3,(H2,19,20,23)/b18-8+. The van der Waals surface area contributed by atoms with Gasteiger partial charge < -0.3 is 5.32 Å². The summed E-state index contributed by atoms with van der Waals surface area (Å²) in [5.41, 5.74) is 6.40. The van der Waals surface area contributed by atoms with Crippen LogP contribution in [-0.4, -0.2) is 21.1 Å². The molecule has 0 saturated heterocycles. The van der Waals surface area contributed by atoms with Gasteiger partial charge in [0, 0.05) is 22.8 Å². The minimum atomic E-state index is 0.337. The van der Waals surface area contributed by atoms with Crippen LogP contribution >= 0.6 is 35.4 Å². The SMILES string of the molecule is CCn1nc(C)c(/C=N/NC(=S)Nc2ccc(Cl)cc2Cl)c1C. The molecule has 0 amide bonds. The lowest BCUT2D eigenvalue weighted by Gasteiger charge is -2.08. The summed E-state index contributed by atoms with van der Waals surface area (Å²) < 4.78 is 1.93. The van der Waals surface area contributed by atoms with Gasteiger partial charge in [0.2, 0.25) is 0 Å². The Bertz CT molecular complexity index is 755. The number of thiocarbonyl (C=S) groups is 1. The van der Waals surface area contributed by atoms with Crippen molar-refractivity contribution in [1.82, 2.24) is 15.2 Å². The molecule has 0 aliphatic heterocycles. The fourth-order valence-corrected chi connectivity index (χ4v) is 2.72. The molecule has 0 aliphatic rings. The van der Waals surface area contributed by atoms with E-state index in [-0.39, 0.29) is 0 Å². The van der Waals surface area contributed by atoms with Crippen molar-refractivity contribution in [2.24, 2.45) is 5.10 Å². The molecule has 0 fully saturated rings. The lowest BCUT2D eigenvalue weighted by molar-refractivity contribution is 0.634. The first-order valence-electron chi connectivity index (χ1n) is 7.01. The van der Waals surface area contributed by atoms with Crippen LogP contribution in [0.2, 0.25) is 10.0 Å². The van der Waals surface area contributed by atoms with Crippen molar-refractivity contribution in [1.29, 1.82) is 0 Å². The molecule has 2 N–H and O–H groups in total. The Morgan fingerprint density at radius 1 is 1.39 bits per heavy atom. The summed E-state index contributed by atoms with van der Waals surface area (Å²) in [6.45, 7) is 6.83. The zero-order valence-electron chi connectivity index (χ0n) is 13.0. The Morgan fingerprint density at radius 2 is 2.13 bits per heavy atom. The van der Waals surface area contributed by atoms with Gasteiger partial charge in [-0.2, -0.15) is 10.2 Å². The molecule has 0 bridgehead atoms. The highest BCUT2D eigenvalue weighted by atomic mass is 35.5. The van der Waals surface area contributed by atoms with Crippen LogP contribution in [0.15, 0.2) is 23.3 Å². The third-order valence-electron chi connectivity index (χ3n) is 3.28. The van der Waals surface area contributed by atoms with E-state index in [0.717, 1.165) is 23.5 Å². The van der Waals surface area contributed by atoms with Gasteiger partial charge in [-0.25, -0.2) is 0 Å². The quantitative estimate of drug-likeness (QED) is 0.482. The van der Waals surface area contributed by atoms with Crippen molar-refractivity contribution in [3.63, 3.8) is 0 Å². The minimum Gasteiger partial charge on any atom is -0.330 e. The maximum atomic E-state index is 6.08.